The van der Waals surface area contributed by atoms with Crippen molar-refractivity contribution in [2.45, 2.75) is 0 Å². The van der Waals surface area contributed by atoms with Gasteiger partial charge in [0.15, 0.2) is 5.82 Å². The first kappa shape index (κ1) is 8.17. The molecule has 1 aliphatic rings. The maximum atomic E-state index is 4.48. The van der Waals surface area contributed by atoms with Crippen molar-refractivity contribution in [3.8, 4) is 0 Å². The van der Waals surface area contributed by atoms with Crippen LogP contribution in [0.1, 0.15) is 5.82 Å². The molecule has 0 saturated carbocycles. The first-order chi connectivity index (χ1) is 7.45. The van der Waals surface area contributed by atoms with E-state index in [1.165, 1.54) is 0 Å². The molecule has 0 amide bonds. The van der Waals surface area contributed by atoms with Gasteiger partial charge in [-0.25, -0.2) is 9.66 Å². The summed E-state index contributed by atoms with van der Waals surface area (Å²) in [6.45, 7) is 0. The Balaban J connectivity index is 2.36. The number of benzene rings is 1. The molecule has 3 heteroatoms. The molecule has 72 valence electrons. The summed E-state index contributed by atoms with van der Waals surface area (Å²) in [4.78, 5) is 4.48. The summed E-state index contributed by atoms with van der Waals surface area (Å²) >= 11 is 0. The van der Waals surface area contributed by atoms with Crippen molar-refractivity contribution in [1.29, 1.82) is 0 Å². The lowest BCUT2D eigenvalue weighted by Gasteiger charge is -1.98. The molecular formula is C12H9N3. The number of hydrogen-bond donors (Lipinski definition) is 0. The Labute approximate surface area is 87.1 Å². The molecule has 0 radical (unpaired) electrons. The molecule has 0 bridgehead atoms. The van der Waals surface area contributed by atoms with Crippen molar-refractivity contribution >= 4 is 23.3 Å². The fourth-order valence-corrected chi connectivity index (χ4v) is 1.62. The van der Waals surface area contributed by atoms with Gasteiger partial charge in [-0.2, -0.15) is 5.10 Å². The first-order valence-electron chi connectivity index (χ1n) is 4.80. The molecule has 3 nitrogen and oxygen atoms in total. The van der Waals surface area contributed by atoms with Gasteiger partial charge in [0, 0.05) is 6.21 Å². The van der Waals surface area contributed by atoms with Gasteiger partial charge in [-0.15, -0.1) is 0 Å². The maximum Gasteiger partial charge on any atom is 0.154 e. The van der Waals surface area contributed by atoms with E-state index in [2.05, 4.69) is 10.1 Å². The third-order valence-corrected chi connectivity index (χ3v) is 2.30. The number of hydrogen-bond acceptors (Lipinski definition) is 2. The van der Waals surface area contributed by atoms with Crippen molar-refractivity contribution < 1.29 is 0 Å². The fourth-order valence-electron chi connectivity index (χ4n) is 1.62. The Bertz CT molecular complexity index is 588. The van der Waals surface area contributed by atoms with Gasteiger partial charge >= 0.3 is 0 Å². The van der Waals surface area contributed by atoms with Crippen LogP contribution in [0.2, 0.25) is 0 Å². The summed E-state index contributed by atoms with van der Waals surface area (Å²) in [5.41, 5.74) is 2.00. The molecule has 1 aliphatic heterocycles. The Morgan fingerprint density at radius 1 is 1.00 bits per heavy atom. The molecule has 0 aliphatic carbocycles. The second-order valence-electron chi connectivity index (χ2n) is 3.28. The van der Waals surface area contributed by atoms with Crippen LogP contribution < -0.4 is 0 Å². The number of aromatic nitrogens is 2. The Kier molecular flexibility index (Phi) is 1.75. The van der Waals surface area contributed by atoms with Gasteiger partial charge in [-0.1, -0.05) is 24.3 Å². The number of imidazole rings is 1. The van der Waals surface area contributed by atoms with Crippen LogP contribution in [-0.4, -0.2) is 15.9 Å². The second-order valence-corrected chi connectivity index (χ2v) is 3.28. The summed E-state index contributed by atoms with van der Waals surface area (Å²) in [5.74, 6) is 0.858. The van der Waals surface area contributed by atoms with Crippen LogP contribution in [0.15, 0.2) is 47.6 Å². The highest BCUT2D eigenvalue weighted by Crippen LogP contribution is 2.17. The van der Waals surface area contributed by atoms with Crippen LogP contribution in [0.5, 0.6) is 0 Å². The molecule has 0 atom stereocenters. The van der Waals surface area contributed by atoms with E-state index >= 15 is 0 Å². The first-order valence-corrected chi connectivity index (χ1v) is 4.80. The zero-order chi connectivity index (χ0) is 10.1. The van der Waals surface area contributed by atoms with Crippen LogP contribution in [0.4, 0.5) is 0 Å². The average molecular weight is 195 g/mol. The molecular weight excluding hydrogens is 186 g/mol. The standard InChI is InChI=1S/C12H9N3/c1-2-8-12-14-10-6-3-4-7-11(10)15(12)13-9-5-1/h1-9H. The predicted molar refractivity (Wildman–Crippen MR) is 61.8 cm³/mol. The lowest BCUT2D eigenvalue weighted by molar-refractivity contribution is 0.899. The molecule has 3 rings (SSSR count). The predicted octanol–water partition coefficient (Wildman–Crippen LogP) is 2.45. The Morgan fingerprint density at radius 3 is 2.93 bits per heavy atom. The van der Waals surface area contributed by atoms with E-state index in [0.717, 1.165) is 16.9 Å². The third-order valence-electron chi connectivity index (χ3n) is 2.30. The lowest BCUT2D eigenvalue weighted by atomic mass is 10.3. The van der Waals surface area contributed by atoms with Gasteiger partial charge in [0.1, 0.15) is 0 Å². The number of nitrogens with zero attached hydrogens (tertiary/aromatic N) is 3. The van der Waals surface area contributed by atoms with Crippen molar-refractivity contribution in [3.05, 3.63) is 48.3 Å². The zero-order valence-electron chi connectivity index (χ0n) is 8.04. The third kappa shape index (κ3) is 1.29. The maximum absolute atomic E-state index is 4.48. The molecule has 0 unspecified atom stereocenters. The van der Waals surface area contributed by atoms with E-state index in [-0.39, 0.29) is 0 Å². The molecule has 0 N–H and O–H groups in total. The van der Waals surface area contributed by atoms with Crippen molar-refractivity contribution in [1.82, 2.24) is 9.66 Å². The number of para-hydroxylation sites is 2. The van der Waals surface area contributed by atoms with E-state index in [4.69, 9.17) is 0 Å². The molecule has 0 spiro atoms. The minimum absolute atomic E-state index is 0.858. The summed E-state index contributed by atoms with van der Waals surface area (Å²) in [7, 11) is 0. The van der Waals surface area contributed by atoms with Crippen molar-refractivity contribution in [2.24, 2.45) is 5.10 Å². The monoisotopic (exact) mass is 195 g/mol. The average Bonchev–Trinajstić information content (AvgIpc) is 2.55. The van der Waals surface area contributed by atoms with Gasteiger partial charge in [-0.05, 0) is 24.3 Å². The smallest absolute Gasteiger partial charge is 0.154 e. The van der Waals surface area contributed by atoms with Crippen LogP contribution in [0.25, 0.3) is 17.1 Å². The Hall–Kier alpha value is -2.16. The molecule has 15 heavy (non-hydrogen) atoms. The summed E-state index contributed by atoms with van der Waals surface area (Å²) in [5, 5.41) is 4.33. The van der Waals surface area contributed by atoms with E-state index < -0.39 is 0 Å². The summed E-state index contributed by atoms with van der Waals surface area (Å²) in [6.07, 6.45) is 9.51. The topological polar surface area (TPSA) is 30.2 Å². The number of fused-ring (bicyclic) bond motifs is 3. The highest BCUT2D eigenvalue weighted by Gasteiger charge is 2.06. The molecule has 0 fully saturated rings. The van der Waals surface area contributed by atoms with Crippen LogP contribution in [0, 0.1) is 0 Å². The summed E-state index contributed by atoms with van der Waals surface area (Å²) < 4.78 is 1.84. The van der Waals surface area contributed by atoms with E-state index in [1.54, 1.807) is 6.21 Å². The quantitative estimate of drug-likeness (QED) is 0.635. The summed E-state index contributed by atoms with van der Waals surface area (Å²) in [6, 6.07) is 7.98. The van der Waals surface area contributed by atoms with Crippen molar-refractivity contribution in [3.63, 3.8) is 0 Å². The van der Waals surface area contributed by atoms with E-state index in [9.17, 15) is 0 Å². The molecule has 1 aromatic heterocycles. The van der Waals surface area contributed by atoms with Gasteiger partial charge in [0.25, 0.3) is 0 Å². The van der Waals surface area contributed by atoms with Crippen molar-refractivity contribution in [2.75, 3.05) is 0 Å². The van der Waals surface area contributed by atoms with Gasteiger partial charge in [0.2, 0.25) is 0 Å². The minimum Gasteiger partial charge on any atom is -0.227 e. The fraction of sp³-hybridized carbons (Fsp3) is 0. The highest BCUT2D eigenvalue weighted by atomic mass is 15.4. The molecule has 2 aromatic rings. The SMILES string of the molecule is C1=CC=Nn2c(nc3ccccc32)C=C1. The van der Waals surface area contributed by atoms with E-state index in [1.807, 2.05) is 53.2 Å². The Morgan fingerprint density at radius 2 is 1.93 bits per heavy atom. The van der Waals surface area contributed by atoms with Crippen LogP contribution in [0.3, 0.4) is 0 Å². The second kappa shape index (κ2) is 3.20. The molecule has 2 heterocycles. The van der Waals surface area contributed by atoms with Crippen LogP contribution >= 0.6 is 0 Å². The minimum atomic E-state index is 0.858. The van der Waals surface area contributed by atoms with Gasteiger partial charge in [0.05, 0.1) is 11.0 Å². The van der Waals surface area contributed by atoms with Crippen LogP contribution in [-0.2, 0) is 0 Å². The van der Waals surface area contributed by atoms with Gasteiger partial charge in [-0.3, -0.25) is 0 Å². The normalized spacial score (nSPS) is 13.9. The largest absolute Gasteiger partial charge is 0.227 e. The number of allylic oxidation sites excluding steroid dienone is 3. The van der Waals surface area contributed by atoms with Gasteiger partial charge < -0.3 is 0 Å². The van der Waals surface area contributed by atoms with E-state index in [0.29, 0.717) is 0 Å². The number of rotatable bonds is 0. The molecule has 1 aromatic carbocycles. The zero-order valence-corrected chi connectivity index (χ0v) is 8.04. The lowest BCUT2D eigenvalue weighted by Crippen LogP contribution is -1.93. The molecule has 0 saturated heterocycles. The highest BCUT2D eigenvalue weighted by molar-refractivity contribution is 5.80.